The first-order chi connectivity index (χ1) is 5.18. The van der Waals surface area contributed by atoms with Crippen LogP contribution in [0.3, 0.4) is 0 Å². The van der Waals surface area contributed by atoms with Crippen LogP contribution in [0, 0.1) is 0 Å². The van der Waals surface area contributed by atoms with E-state index in [2.05, 4.69) is 13.8 Å². The molecule has 11 heavy (non-hydrogen) atoms. The van der Waals surface area contributed by atoms with E-state index in [-0.39, 0.29) is 0 Å². The molecule has 0 atom stereocenters. The highest BCUT2D eigenvalue weighted by molar-refractivity contribution is 6.13. The monoisotopic (exact) mass is 177 g/mol. The molecule has 0 aliphatic carbocycles. The Labute approximate surface area is 73.6 Å². The maximum Gasteiger partial charge on any atom is 0.0604 e. The summed E-state index contributed by atoms with van der Waals surface area (Å²) >= 11 is 5.80. The summed E-state index contributed by atoms with van der Waals surface area (Å²) in [6.45, 7) is 6.07. The van der Waals surface area contributed by atoms with Crippen LogP contribution in [0.4, 0.5) is 0 Å². The third kappa shape index (κ3) is 3.41. The number of hydrogen-bond acceptors (Lipinski definition) is 2. The molecular formula is C8H16ClNO. The van der Waals surface area contributed by atoms with Crippen LogP contribution in [0.5, 0.6) is 0 Å². The summed E-state index contributed by atoms with van der Waals surface area (Å²) in [6.07, 6.45) is 2.93. The molecule has 3 heteroatoms. The maximum atomic E-state index is 5.80. The molecule has 1 heterocycles. The van der Waals surface area contributed by atoms with E-state index in [0.29, 0.717) is 12.2 Å². The summed E-state index contributed by atoms with van der Waals surface area (Å²) < 4.78 is 7.49. The summed E-state index contributed by atoms with van der Waals surface area (Å²) in [7, 11) is 0. The molecule has 66 valence electrons. The minimum absolute atomic E-state index is 0.349. The number of halogens is 1. The highest BCUT2D eigenvalue weighted by Gasteiger charge is 2.18. The molecule has 1 saturated heterocycles. The average molecular weight is 178 g/mol. The van der Waals surface area contributed by atoms with E-state index in [0.717, 1.165) is 25.9 Å². The molecule has 0 radical (unpaired) electrons. The third-order valence-electron chi connectivity index (χ3n) is 1.85. The van der Waals surface area contributed by atoms with Crippen LogP contribution in [0.1, 0.15) is 26.7 Å². The topological polar surface area (TPSA) is 12.5 Å². The first-order valence-corrected chi connectivity index (χ1v) is 4.58. The van der Waals surface area contributed by atoms with Crippen molar-refractivity contribution in [2.24, 2.45) is 0 Å². The lowest BCUT2D eigenvalue weighted by Gasteiger charge is -2.28. The van der Waals surface area contributed by atoms with Crippen LogP contribution in [-0.2, 0) is 4.74 Å². The van der Waals surface area contributed by atoms with E-state index in [9.17, 15) is 0 Å². The third-order valence-corrected chi connectivity index (χ3v) is 2.19. The Morgan fingerprint density at radius 2 is 1.91 bits per heavy atom. The molecular weight excluding hydrogens is 162 g/mol. The van der Waals surface area contributed by atoms with Crippen LogP contribution in [0.15, 0.2) is 0 Å². The van der Waals surface area contributed by atoms with Crippen molar-refractivity contribution in [1.82, 2.24) is 4.42 Å². The quantitative estimate of drug-likeness (QED) is 0.599. The lowest BCUT2D eigenvalue weighted by atomic mass is 10.1. The zero-order valence-corrected chi connectivity index (χ0v) is 7.97. The van der Waals surface area contributed by atoms with Gasteiger partial charge in [0, 0.05) is 13.1 Å². The van der Waals surface area contributed by atoms with Gasteiger partial charge in [-0.3, -0.25) is 0 Å². The molecule has 2 nitrogen and oxygen atoms in total. The first kappa shape index (κ1) is 9.30. The van der Waals surface area contributed by atoms with Gasteiger partial charge in [0.25, 0.3) is 0 Å². The van der Waals surface area contributed by atoms with Crippen molar-refractivity contribution in [2.45, 2.75) is 38.9 Å². The number of hydrogen-bond donors (Lipinski definition) is 0. The first-order valence-electron chi connectivity index (χ1n) is 4.24. The normalized spacial score (nSPS) is 22.9. The van der Waals surface area contributed by atoms with Crippen molar-refractivity contribution < 1.29 is 4.74 Å². The van der Waals surface area contributed by atoms with Crippen molar-refractivity contribution >= 4 is 11.8 Å². The zero-order valence-electron chi connectivity index (χ0n) is 7.22. The van der Waals surface area contributed by atoms with Crippen LogP contribution in [0.25, 0.3) is 0 Å². The second kappa shape index (κ2) is 4.29. The van der Waals surface area contributed by atoms with Crippen LogP contribution < -0.4 is 0 Å². The molecule has 1 rings (SSSR count). The fourth-order valence-corrected chi connectivity index (χ4v) is 1.54. The van der Waals surface area contributed by atoms with Crippen molar-refractivity contribution in [3.63, 3.8) is 0 Å². The highest BCUT2D eigenvalue weighted by atomic mass is 35.5. The molecule has 0 saturated carbocycles. The second-order valence-electron chi connectivity index (χ2n) is 3.29. The van der Waals surface area contributed by atoms with E-state index in [1.54, 1.807) is 0 Å². The predicted octanol–water partition coefficient (Wildman–Crippen LogP) is 2.03. The van der Waals surface area contributed by atoms with Gasteiger partial charge in [-0.05, 0) is 38.5 Å². The van der Waals surface area contributed by atoms with E-state index >= 15 is 0 Å². The average Bonchev–Trinajstić information content (AvgIpc) is 1.93. The molecule has 0 aromatic rings. The van der Waals surface area contributed by atoms with E-state index in [1.807, 2.05) is 4.42 Å². The summed E-state index contributed by atoms with van der Waals surface area (Å²) in [6, 6.07) is 0. The van der Waals surface area contributed by atoms with Gasteiger partial charge in [-0.25, -0.2) is 4.42 Å². The fourth-order valence-electron chi connectivity index (χ4n) is 1.35. The van der Waals surface area contributed by atoms with E-state index < -0.39 is 0 Å². The van der Waals surface area contributed by atoms with Crippen LogP contribution in [-0.4, -0.2) is 29.7 Å². The van der Waals surface area contributed by atoms with Crippen LogP contribution >= 0.6 is 11.8 Å². The Balaban J connectivity index is 2.17. The van der Waals surface area contributed by atoms with Gasteiger partial charge in [-0.2, -0.15) is 0 Å². The fraction of sp³-hybridized carbons (Fsp3) is 1.00. The lowest BCUT2D eigenvalue weighted by Crippen LogP contribution is -2.32. The minimum atomic E-state index is 0.349. The Hall–Kier alpha value is 0.210. The molecule has 1 aliphatic rings. The molecule has 1 aliphatic heterocycles. The summed E-state index contributed by atoms with van der Waals surface area (Å²) in [5, 5.41) is 0. The van der Waals surface area contributed by atoms with Gasteiger partial charge < -0.3 is 4.74 Å². The highest BCUT2D eigenvalue weighted by Crippen LogP contribution is 2.16. The minimum Gasteiger partial charge on any atom is -0.375 e. The van der Waals surface area contributed by atoms with Gasteiger partial charge in [0.05, 0.1) is 12.2 Å². The second-order valence-corrected chi connectivity index (χ2v) is 3.77. The molecule has 0 unspecified atom stereocenters. The maximum absolute atomic E-state index is 5.80. The lowest BCUT2D eigenvalue weighted by molar-refractivity contribution is -0.0167. The SMILES string of the molecule is CC(C)OC1CCN(Cl)CC1. The van der Waals surface area contributed by atoms with Gasteiger partial charge in [-0.1, -0.05) is 0 Å². The van der Waals surface area contributed by atoms with Crippen molar-refractivity contribution in [1.29, 1.82) is 0 Å². The van der Waals surface area contributed by atoms with Crippen molar-refractivity contribution in [3.05, 3.63) is 0 Å². The number of nitrogens with zero attached hydrogens (tertiary/aromatic N) is 1. The Kier molecular flexibility index (Phi) is 3.63. The van der Waals surface area contributed by atoms with Crippen molar-refractivity contribution in [2.75, 3.05) is 13.1 Å². The molecule has 0 N–H and O–H groups in total. The van der Waals surface area contributed by atoms with Crippen molar-refractivity contribution in [3.8, 4) is 0 Å². The predicted molar refractivity (Wildman–Crippen MR) is 46.7 cm³/mol. The zero-order chi connectivity index (χ0) is 8.27. The molecule has 0 bridgehead atoms. The standard InChI is InChI=1S/C8H16ClNO/c1-7(2)11-8-3-5-10(9)6-4-8/h7-8H,3-6H2,1-2H3. The van der Waals surface area contributed by atoms with E-state index in [1.165, 1.54) is 0 Å². The smallest absolute Gasteiger partial charge is 0.0604 e. The number of piperidine rings is 1. The molecule has 0 spiro atoms. The largest absolute Gasteiger partial charge is 0.375 e. The number of ether oxygens (including phenoxy) is 1. The Morgan fingerprint density at radius 3 is 2.36 bits per heavy atom. The molecule has 1 fully saturated rings. The summed E-state index contributed by atoms with van der Waals surface area (Å²) in [4.78, 5) is 0. The Bertz CT molecular complexity index is 111. The Morgan fingerprint density at radius 1 is 1.36 bits per heavy atom. The molecule has 0 amide bonds. The molecule has 0 aromatic carbocycles. The van der Waals surface area contributed by atoms with E-state index in [4.69, 9.17) is 16.5 Å². The van der Waals surface area contributed by atoms with Gasteiger partial charge in [0.2, 0.25) is 0 Å². The summed E-state index contributed by atoms with van der Waals surface area (Å²) in [5.41, 5.74) is 0. The molecule has 0 aromatic heterocycles. The van der Waals surface area contributed by atoms with Crippen LogP contribution in [0.2, 0.25) is 0 Å². The summed E-state index contributed by atoms with van der Waals surface area (Å²) in [5.74, 6) is 0. The van der Waals surface area contributed by atoms with Gasteiger partial charge in [-0.15, -0.1) is 0 Å². The van der Waals surface area contributed by atoms with Gasteiger partial charge in [0.1, 0.15) is 0 Å². The van der Waals surface area contributed by atoms with Gasteiger partial charge in [0.15, 0.2) is 0 Å². The number of rotatable bonds is 2. The van der Waals surface area contributed by atoms with Gasteiger partial charge >= 0.3 is 0 Å².